The maximum Gasteiger partial charge on any atom is 0.404 e. The van der Waals surface area contributed by atoms with Crippen LogP contribution in [0.4, 0.5) is 9.18 Å². The Balaban J connectivity index is 2.71. The first-order valence-corrected chi connectivity index (χ1v) is 3.94. The molecule has 76 valence electrons. The Morgan fingerprint density at radius 3 is 2.79 bits per heavy atom. The fourth-order valence-corrected chi connectivity index (χ4v) is 0.963. The summed E-state index contributed by atoms with van der Waals surface area (Å²) in [5, 5.41) is 8.68. The van der Waals surface area contributed by atoms with Crippen LogP contribution in [0.15, 0.2) is 18.2 Å². The number of carbonyl (C=O) groups excluding carboxylic acids is 1. The highest BCUT2D eigenvalue weighted by molar-refractivity contribution is 5.64. The molecule has 5 heteroatoms. The van der Waals surface area contributed by atoms with Gasteiger partial charge in [-0.05, 0) is 11.6 Å². The first-order valence-electron chi connectivity index (χ1n) is 3.94. The fraction of sp³-hybridized carbons (Fsp3) is 0.222. The quantitative estimate of drug-likeness (QED) is 0.760. The van der Waals surface area contributed by atoms with Crippen LogP contribution in [0.1, 0.15) is 11.1 Å². The van der Waals surface area contributed by atoms with Gasteiger partial charge in [-0.2, -0.15) is 0 Å². The average Bonchev–Trinajstić information content (AvgIpc) is 2.15. The highest BCUT2D eigenvalue weighted by Gasteiger charge is 2.03. The summed E-state index contributed by atoms with van der Waals surface area (Å²) in [4.78, 5) is 10.2. The first kappa shape index (κ1) is 10.5. The van der Waals surface area contributed by atoms with Crippen molar-refractivity contribution in [2.24, 2.45) is 5.73 Å². The van der Waals surface area contributed by atoms with E-state index in [2.05, 4.69) is 4.74 Å². The third kappa shape index (κ3) is 2.70. The largest absolute Gasteiger partial charge is 0.445 e. The van der Waals surface area contributed by atoms with E-state index in [-0.39, 0.29) is 18.8 Å². The second-order valence-electron chi connectivity index (χ2n) is 2.69. The summed E-state index contributed by atoms with van der Waals surface area (Å²) < 4.78 is 17.5. The zero-order valence-corrected chi connectivity index (χ0v) is 7.37. The number of nitrogens with two attached hydrogens (primary N) is 1. The molecular formula is C9H10FNO3. The van der Waals surface area contributed by atoms with Crippen LogP contribution in [-0.4, -0.2) is 11.2 Å². The average molecular weight is 199 g/mol. The predicted molar refractivity (Wildman–Crippen MR) is 46.7 cm³/mol. The highest BCUT2D eigenvalue weighted by atomic mass is 19.1. The van der Waals surface area contributed by atoms with Crippen molar-refractivity contribution in [1.29, 1.82) is 0 Å². The van der Waals surface area contributed by atoms with E-state index >= 15 is 0 Å². The summed E-state index contributed by atoms with van der Waals surface area (Å²) >= 11 is 0. The Morgan fingerprint density at radius 2 is 2.29 bits per heavy atom. The summed E-state index contributed by atoms with van der Waals surface area (Å²) in [5.74, 6) is -0.530. The second kappa shape index (κ2) is 4.57. The Kier molecular flexibility index (Phi) is 3.41. The Morgan fingerprint density at radius 1 is 1.57 bits per heavy atom. The van der Waals surface area contributed by atoms with Gasteiger partial charge in [0, 0.05) is 5.56 Å². The van der Waals surface area contributed by atoms with Crippen molar-refractivity contribution in [2.45, 2.75) is 13.2 Å². The molecule has 0 aliphatic heterocycles. The summed E-state index contributed by atoms with van der Waals surface area (Å²) in [7, 11) is 0. The van der Waals surface area contributed by atoms with E-state index in [9.17, 15) is 9.18 Å². The molecule has 0 atom stereocenters. The number of benzene rings is 1. The molecule has 0 fully saturated rings. The van der Waals surface area contributed by atoms with Gasteiger partial charge in [-0.1, -0.05) is 12.1 Å². The molecule has 1 rings (SSSR count). The minimum atomic E-state index is -0.906. The van der Waals surface area contributed by atoms with Crippen LogP contribution in [-0.2, 0) is 18.0 Å². The second-order valence-corrected chi connectivity index (χ2v) is 2.69. The van der Waals surface area contributed by atoms with E-state index in [4.69, 9.17) is 10.8 Å². The third-order valence-corrected chi connectivity index (χ3v) is 1.67. The number of aliphatic hydroxyl groups is 1. The molecular weight excluding hydrogens is 189 g/mol. The summed E-state index contributed by atoms with van der Waals surface area (Å²) in [6.45, 7) is -0.430. The van der Waals surface area contributed by atoms with Crippen molar-refractivity contribution in [3.63, 3.8) is 0 Å². The number of hydrogen-bond acceptors (Lipinski definition) is 3. The number of aliphatic hydroxyl groups excluding tert-OH is 1. The van der Waals surface area contributed by atoms with E-state index in [1.165, 1.54) is 12.1 Å². The Labute approximate surface area is 80.1 Å². The van der Waals surface area contributed by atoms with Crippen LogP contribution in [0.5, 0.6) is 0 Å². The number of carbonyl (C=O) groups is 1. The van der Waals surface area contributed by atoms with Gasteiger partial charge in [-0.15, -0.1) is 0 Å². The zero-order chi connectivity index (χ0) is 10.6. The number of halogens is 1. The number of amides is 1. The molecule has 0 saturated carbocycles. The number of hydrogen-bond donors (Lipinski definition) is 2. The number of rotatable bonds is 3. The molecule has 1 aromatic carbocycles. The topological polar surface area (TPSA) is 72.6 Å². The number of ether oxygens (including phenoxy) is 1. The fourth-order valence-electron chi connectivity index (χ4n) is 0.963. The smallest absolute Gasteiger partial charge is 0.404 e. The van der Waals surface area contributed by atoms with Crippen molar-refractivity contribution in [1.82, 2.24) is 0 Å². The van der Waals surface area contributed by atoms with Crippen molar-refractivity contribution in [2.75, 3.05) is 0 Å². The van der Waals surface area contributed by atoms with E-state index in [0.29, 0.717) is 5.56 Å². The summed E-state index contributed by atoms with van der Waals surface area (Å²) in [6.07, 6.45) is -0.906. The van der Waals surface area contributed by atoms with Gasteiger partial charge >= 0.3 is 6.09 Å². The molecule has 0 spiro atoms. The lowest BCUT2D eigenvalue weighted by atomic mass is 10.1. The van der Waals surface area contributed by atoms with Gasteiger partial charge in [0.05, 0.1) is 6.61 Å². The molecule has 1 amide bonds. The van der Waals surface area contributed by atoms with Crippen LogP contribution in [0.2, 0.25) is 0 Å². The van der Waals surface area contributed by atoms with Gasteiger partial charge in [0.15, 0.2) is 0 Å². The minimum Gasteiger partial charge on any atom is -0.445 e. The van der Waals surface area contributed by atoms with E-state index < -0.39 is 11.9 Å². The molecule has 0 aliphatic rings. The standard InChI is InChI=1S/C9H10FNO3/c10-8-3-6(5-14-9(11)13)1-2-7(8)4-12/h1-3,12H,4-5H2,(H2,11,13). The lowest BCUT2D eigenvalue weighted by Gasteiger charge is -2.04. The highest BCUT2D eigenvalue weighted by Crippen LogP contribution is 2.11. The lowest BCUT2D eigenvalue weighted by molar-refractivity contribution is 0.150. The van der Waals surface area contributed by atoms with Crippen LogP contribution in [0, 0.1) is 5.82 Å². The molecule has 0 bridgehead atoms. The predicted octanol–water partition coefficient (Wildman–Crippen LogP) is 0.913. The molecule has 0 unspecified atom stereocenters. The van der Waals surface area contributed by atoms with E-state index in [1.54, 1.807) is 6.07 Å². The SMILES string of the molecule is NC(=O)OCc1ccc(CO)c(F)c1. The normalized spacial score (nSPS) is 9.86. The molecule has 0 saturated heterocycles. The first-order chi connectivity index (χ1) is 6.63. The third-order valence-electron chi connectivity index (χ3n) is 1.67. The van der Waals surface area contributed by atoms with Crippen molar-refractivity contribution < 1.29 is 19.0 Å². The molecule has 4 nitrogen and oxygen atoms in total. The van der Waals surface area contributed by atoms with Gasteiger partial charge in [-0.25, -0.2) is 9.18 Å². The molecule has 14 heavy (non-hydrogen) atoms. The van der Waals surface area contributed by atoms with Gasteiger partial charge in [-0.3, -0.25) is 0 Å². The van der Waals surface area contributed by atoms with Crippen LogP contribution >= 0.6 is 0 Å². The van der Waals surface area contributed by atoms with Crippen molar-refractivity contribution >= 4 is 6.09 Å². The monoisotopic (exact) mass is 199 g/mol. The minimum absolute atomic E-state index is 0.0715. The molecule has 0 radical (unpaired) electrons. The van der Waals surface area contributed by atoms with Gasteiger partial charge in [0.2, 0.25) is 0 Å². The number of primary amides is 1. The van der Waals surface area contributed by atoms with Crippen LogP contribution in [0.3, 0.4) is 0 Å². The van der Waals surface area contributed by atoms with Crippen LogP contribution < -0.4 is 5.73 Å². The Hall–Kier alpha value is -1.62. The molecule has 0 aromatic heterocycles. The van der Waals surface area contributed by atoms with E-state index in [0.717, 1.165) is 0 Å². The molecule has 3 N–H and O–H groups in total. The van der Waals surface area contributed by atoms with Crippen molar-refractivity contribution in [3.8, 4) is 0 Å². The molecule has 1 aromatic rings. The maximum absolute atomic E-state index is 13.0. The molecule has 0 heterocycles. The Bertz CT molecular complexity index is 341. The van der Waals surface area contributed by atoms with Gasteiger partial charge < -0.3 is 15.6 Å². The maximum atomic E-state index is 13.0. The lowest BCUT2D eigenvalue weighted by Crippen LogP contribution is -2.12. The van der Waals surface area contributed by atoms with Crippen molar-refractivity contribution in [3.05, 3.63) is 35.1 Å². The van der Waals surface area contributed by atoms with Gasteiger partial charge in [0.25, 0.3) is 0 Å². The zero-order valence-electron chi connectivity index (χ0n) is 7.37. The van der Waals surface area contributed by atoms with Gasteiger partial charge in [0.1, 0.15) is 12.4 Å². The molecule has 0 aliphatic carbocycles. The van der Waals surface area contributed by atoms with E-state index in [1.807, 2.05) is 0 Å². The summed E-state index contributed by atoms with van der Waals surface area (Å²) in [5.41, 5.74) is 5.43. The van der Waals surface area contributed by atoms with Crippen LogP contribution in [0.25, 0.3) is 0 Å². The summed E-state index contributed by atoms with van der Waals surface area (Å²) in [6, 6.07) is 4.17.